The number of carboxylic acids is 1. The molecule has 0 spiro atoms. The maximum Gasteiger partial charge on any atom is 0.319 e. The molecular weight excluding hydrogens is 230 g/mol. The Balaban J connectivity index is 1.93. The van der Waals surface area contributed by atoms with Crippen LogP contribution in [0.25, 0.3) is 0 Å². The zero-order valence-electron chi connectivity index (χ0n) is 11.2. The topological polar surface area (TPSA) is 66.4 Å². The Morgan fingerprint density at radius 2 is 1.83 bits per heavy atom. The molecule has 18 heavy (non-hydrogen) atoms. The molecule has 0 saturated heterocycles. The predicted molar refractivity (Wildman–Crippen MR) is 68.0 cm³/mol. The lowest BCUT2D eigenvalue weighted by molar-refractivity contribution is -0.162. The summed E-state index contributed by atoms with van der Waals surface area (Å²) in [5.74, 6) is 0.0954. The number of aliphatic carboxylic acids is 1. The summed E-state index contributed by atoms with van der Waals surface area (Å²) in [6, 6.07) is 0.167. The number of hydrogen-bond donors (Lipinski definition) is 2. The summed E-state index contributed by atoms with van der Waals surface area (Å²) >= 11 is 0. The SMILES string of the molecule is CC1CCC(NC(=O)C2(C(=O)O)CCC2)CC1C. The van der Waals surface area contributed by atoms with Crippen molar-refractivity contribution in [2.45, 2.75) is 58.4 Å². The molecule has 2 aliphatic carbocycles. The van der Waals surface area contributed by atoms with E-state index < -0.39 is 11.4 Å². The van der Waals surface area contributed by atoms with E-state index in [0.29, 0.717) is 24.7 Å². The largest absolute Gasteiger partial charge is 0.480 e. The van der Waals surface area contributed by atoms with Crippen molar-refractivity contribution >= 4 is 11.9 Å². The number of carbonyl (C=O) groups is 2. The Bertz CT molecular complexity index is 349. The lowest BCUT2D eigenvalue weighted by atomic mass is 9.67. The summed E-state index contributed by atoms with van der Waals surface area (Å²) in [6.07, 6.45) is 4.90. The minimum Gasteiger partial charge on any atom is -0.480 e. The van der Waals surface area contributed by atoms with E-state index in [1.165, 1.54) is 0 Å². The maximum absolute atomic E-state index is 12.2. The van der Waals surface area contributed by atoms with Crippen molar-refractivity contribution in [1.82, 2.24) is 5.32 Å². The van der Waals surface area contributed by atoms with E-state index in [0.717, 1.165) is 25.7 Å². The molecule has 0 aromatic heterocycles. The van der Waals surface area contributed by atoms with E-state index in [-0.39, 0.29) is 11.9 Å². The van der Waals surface area contributed by atoms with Crippen molar-refractivity contribution in [2.75, 3.05) is 0 Å². The average Bonchev–Trinajstić information content (AvgIpc) is 2.21. The fraction of sp³-hybridized carbons (Fsp3) is 0.857. The van der Waals surface area contributed by atoms with Crippen molar-refractivity contribution in [1.29, 1.82) is 0 Å². The summed E-state index contributed by atoms with van der Waals surface area (Å²) in [5, 5.41) is 12.2. The van der Waals surface area contributed by atoms with Gasteiger partial charge in [-0.25, -0.2) is 0 Å². The molecule has 2 rings (SSSR count). The molecule has 4 heteroatoms. The highest BCUT2D eigenvalue weighted by molar-refractivity contribution is 6.02. The van der Waals surface area contributed by atoms with E-state index >= 15 is 0 Å². The molecule has 0 bridgehead atoms. The first-order valence-electron chi connectivity index (χ1n) is 7.00. The van der Waals surface area contributed by atoms with Gasteiger partial charge in [0, 0.05) is 6.04 Å². The minimum absolute atomic E-state index is 0.167. The van der Waals surface area contributed by atoms with Crippen LogP contribution in [0.4, 0.5) is 0 Å². The Morgan fingerprint density at radius 1 is 1.17 bits per heavy atom. The van der Waals surface area contributed by atoms with Crippen LogP contribution >= 0.6 is 0 Å². The number of hydrogen-bond acceptors (Lipinski definition) is 2. The van der Waals surface area contributed by atoms with Gasteiger partial charge in [-0.1, -0.05) is 20.3 Å². The van der Waals surface area contributed by atoms with E-state index in [1.54, 1.807) is 0 Å². The second kappa shape index (κ2) is 4.90. The van der Waals surface area contributed by atoms with Crippen LogP contribution in [-0.4, -0.2) is 23.0 Å². The molecule has 0 aromatic rings. The fourth-order valence-corrected chi connectivity index (χ4v) is 3.07. The lowest BCUT2D eigenvalue weighted by Gasteiger charge is -2.39. The number of rotatable bonds is 3. The molecule has 102 valence electrons. The highest BCUT2D eigenvalue weighted by Gasteiger charge is 2.51. The van der Waals surface area contributed by atoms with Crippen LogP contribution < -0.4 is 5.32 Å². The molecule has 2 N–H and O–H groups in total. The summed E-state index contributed by atoms with van der Waals surface area (Å²) < 4.78 is 0. The molecule has 2 fully saturated rings. The van der Waals surface area contributed by atoms with Crippen LogP contribution in [-0.2, 0) is 9.59 Å². The molecular formula is C14H23NO3. The first kappa shape index (κ1) is 13.4. The molecule has 0 heterocycles. The zero-order chi connectivity index (χ0) is 13.3. The van der Waals surface area contributed by atoms with Crippen molar-refractivity contribution in [2.24, 2.45) is 17.3 Å². The molecule has 0 aliphatic heterocycles. The van der Waals surface area contributed by atoms with Gasteiger partial charge in [-0.3, -0.25) is 9.59 Å². The molecule has 2 saturated carbocycles. The molecule has 4 nitrogen and oxygen atoms in total. The van der Waals surface area contributed by atoms with E-state index in [1.807, 2.05) is 0 Å². The number of carboxylic acid groups (broad SMARTS) is 1. The van der Waals surface area contributed by atoms with Crippen LogP contribution in [0, 0.1) is 17.3 Å². The maximum atomic E-state index is 12.2. The second-order valence-corrected chi connectivity index (χ2v) is 6.18. The van der Waals surface area contributed by atoms with Gasteiger partial charge >= 0.3 is 5.97 Å². The first-order valence-corrected chi connectivity index (χ1v) is 7.00. The van der Waals surface area contributed by atoms with Gasteiger partial charge in [0.15, 0.2) is 0 Å². The van der Waals surface area contributed by atoms with Gasteiger partial charge in [0.2, 0.25) is 5.91 Å². The van der Waals surface area contributed by atoms with Crippen LogP contribution in [0.2, 0.25) is 0 Å². The van der Waals surface area contributed by atoms with Gasteiger partial charge in [-0.2, -0.15) is 0 Å². The summed E-state index contributed by atoms with van der Waals surface area (Å²) in [7, 11) is 0. The Morgan fingerprint density at radius 3 is 2.28 bits per heavy atom. The summed E-state index contributed by atoms with van der Waals surface area (Å²) in [5.41, 5.74) is -1.12. The number of carbonyl (C=O) groups excluding carboxylic acids is 1. The second-order valence-electron chi connectivity index (χ2n) is 6.18. The molecule has 3 atom stereocenters. The lowest BCUT2D eigenvalue weighted by Crippen LogP contribution is -2.54. The third-order valence-electron chi connectivity index (χ3n) is 4.98. The summed E-state index contributed by atoms with van der Waals surface area (Å²) in [6.45, 7) is 4.45. The Hall–Kier alpha value is -1.06. The number of nitrogens with one attached hydrogen (secondary N) is 1. The van der Waals surface area contributed by atoms with Crippen molar-refractivity contribution in [3.05, 3.63) is 0 Å². The molecule has 2 aliphatic rings. The van der Waals surface area contributed by atoms with Crippen LogP contribution in [0.3, 0.4) is 0 Å². The predicted octanol–water partition coefficient (Wildman–Crippen LogP) is 2.18. The van der Waals surface area contributed by atoms with Gasteiger partial charge in [0.1, 0.15) is 5.41 Å². The molecule has 3 unspecified atom stereocenters. The van der Waals surface area contributed by atoms with Gasteiger partial charge in [0.05, 0.1) is 0 Å². The third kappa shape index (κ3) is 2.25. The van der Waals surface area contributed by atoms with E-state index in [2.05, 4.69) is 19.2 Å². The average molecular weight is 253 g/mol. The molecule has 0 aromatic carbocycles. The van der Waals surface area contributed by atoms with Crippen LogP contribution in [0.15, 0.2) is 0 Å². The normalized spacial score (nSPS) is 34.4. The van der Waals surface area contributed by atoms with Crippen molar-refractivity contribution in [3.63, 3.8) is 0 Å². The Kier molecular flexibility index (Phi) is 3.64. The highest BCUT2D eigenvalue weighted by Crippen LogP contribution is 2.42. The Labute approximate surface area is 108 Å². The van der Waals surface area contributed by atoms with E-state index in [4.69, 9.17) is 0 Å². The van der Waals surface area contributed by atoms with Crippen LogP contribution in [0.5, 0.6) is 0 Å². The van der Waals surface area contributed by atoms with Gasteiger partial charge < -0.3 is 10.4 Å². The first-order chi connectivity index (χ1) is 8.45. The van der Waals surface area contributed by atoms with Gasteiger partial charge in [-0.05, 0) is 43.9 Å². The van der Waals surface area contributed by atoms with Crippen LogP contribution in [0.1, 0.15) is 52.4 Å². The van der Waals surface area contributed by atoms with Crippen molar-refractivity contribution in [3.8, 4) is 0 Å². The highest BCUT2D eigenvalue weighted by atomic mass is 16.4. The standard InChI is InChI=1S/C14H23NO3/c1-9-4-5-11(8-10(9)2)15-12(16)14(13(17)18)6-3-7-14/h9-11H,3-8H2,1-2H3,(H,15,16)(H,17,18). The molecule has 1 amide bonds. The minimum atomic E-state index is -1.12. The number of amides is 1. The third-order valence-corrected chi connectivity index (χ3v) is 4.98. The van der Waals surface area contributed by atoms with Crippen molar-refractivity contribution < 1.29 is 14.7 Å². The quantitative estimate of drug-likeness (QED) is 0.758. The van der Waals surface area contributed by atoms with Gasteiger partial charge in [-0.15, -0.1) is 0 Å². The fourth-order valence-electron chi connectivity index (χ4n) is 3.07. The monoisotopic (exact) mass is 253 g/mol. The smallest absolute Gasteiger partial charge is 0.319 e. The van der Waals surface area contributed by atoms with E-state index in [9.17, 15) is 14.7 Å². The molecule has 0 radical (unpaired) electrons. The zero-order valence-corrected chi connectivity index (χ0v) is 11.2. The van der Waals surface area contributed by atoms with Gasteiger partial charge in [0.25, 0.3) is 0 Å². The summed E-state index contributed by atoms with van der Waals surface area (Å²) in [4.78, 5) is 23.4.